The van der Waals surface area contributed by atoms with Gasteiger partial charge in [-0.3, -0.25) is 4.79 Å². The number of carbonyl (C=O) groups excluding carboxylic acids is 1. The van der Waals surface area contributed by atoms with Crippen LogP contribution in [-0.4, -0.2) is 19.6 Å². The van der Waals surface area contributed by atoms with Gasteiger partial charge >= 0.3 is 0 Å². The fourth-order valence-corrected chi connectivity index (χ4v) is 3.72. The maximum atomic E-state index is 12.3. The van der Waals surface area contributed by atoms with Gasteiger partial charge in [0.15, 0.2) is 11.5 Å². The van der Waals surface area contributed by atoms with E-state index in [9.17, 15) is 4.79 Å². The van der Waals surface area contributed by atoms with E-state index in [0.717, 1.165) is 23.6 Å². The molecule has 1 fully saturated rings. The van der Waals surface area contributed by atoms with Crippen LogP contribution in [0.5, 0.6) is 11.5 Å². The first-order valence-electron chi connectivity index (χ1n) is 10.2. The molecule has 4 heteroatoms. The van der Waals surface area contributed by atoms with Crippen molar-refractivity contribution < 1.29 is 14.3 Å². The molecular weight excluding hydrogens is 350 g/mol. The molecule has 3 rings (SSSR count). The predicted molar refractivity (Wildman–Crippen MR) is 112 cm³/mol. The fourth-order valence-electron chi connectivity index (χ4n) is 3.72. The van der Waals surface area contributed by atoms with Crippen LogP contribution in [0.4, 0.5) is 0 Å². The first kappa shape index (κ1) is 20.2. The van der Waals surface area contributed by atoms with E-state index >= 15 is 0 Å². The molecule has 0 atom stereocenters. The van der Waals surface area contributed by atoms with Gasteiger partial charge in [0.05, 0.1) is 13.5 Å². The molecular formula is C24H31NO3. The molecule has 150 valence electrons. The van der Waals surface area contributed by atoms with Gasteiger partial charge < -0.3 is 14.8 Å². The normalized spacial score (nSPS) is 19.1. The third-order valence-electron chi connectivity index (χ3n) is 5.55. The quantitative estimate of drug-likeness (QED) is 0.717. The maximum absolute atomic E-state index is 12.3. The average molecular weight is 382 g/mol. The molecule has 4 nitrogen and oxygen atoms in total. The Kier molecular flexibility index (Phi) is 7.35. The Morgan fingerprint density at radius 2 is 1.75 bits per heavy atom. The number of hydrogen-bond acceptors (Lipinski definition) is 3. The van der Waals surface area contributed by atoms with Gasteiger partial charge in [-0.2, -0.15) is 0 Å². The van der Waals surface area contributed by atoms with Gasteiger partial charge in [0.1, 0.15) is 6.61 Å². The Morgan fingerprint density at radius 1 is 1.00 bits per heavy atom. The van der Waals surface area contributed by atoms with Gasteiger partial charge in [0, 0.05) is 6.54 Å². The minimum absolute atomic E-state index is 0.0682. The monoisotopic (exact) mass is 381 g/mol. The van der Waals surface area contributed by atoms with E-state index in [0.29, 0.717) is 30.4 Å². The van der Waals surface area contributed by atoms with Gasteiger partial charge in [-0.25, -0.2) is 0 Å². The Bertz CT molecular complexity index is 752. The van der Waals surface area contributed by atoms with Crippen molar-refractivity contribution in [2.24, 2.45) is 11.8 Å². The number of hydrogen-bond donors (Lipinski definition) is 1. The zero-order valence-corrected chi connectivity index (χ0v) is 16.9. The number of carbonyl (C=O) groups is 1. The summed E-state index contributed by atoms with van der Waals surface area (Å²) < 4.78 is 11.3. The molecule has 0 heterocycles. The van der Waals surface area contributed by atoms with Crippen LogP contribution in [0.1, 0.15) is 43.7 Å². The van der Waals surface area contributed by atoms with Crippen LogP contribution in [-0.2, 0) is 17.8 Å². The molecule has 0 aliphatic heterocycles. The summed E-state index contributed by atoms with van der Waals surface area (Å²) in [6, 6.07) is 15.7. The lowest BCUT2D eigenvalue weighted by Gasteiger charge is -2.26. The molecule has 0 radical (unpaired) electrons. The van der Waals surface area contributed by atoms with E-state index in [4.69, 9.17) is 9.47 Å². The second kappa shape index (κ2) is 10.2. The van der Waals surface area contributed by atoms with E-state index in [1.807, 2.05) is 48.5 Å². The van der Waals surface area contributed by atoms with E-state index in [1.54, 1.807) is 7.11 Å². The summed E-state index contributed by atoms with van der Waals surface area (Å²) >= 11 is 0. The highest BCUT2D eigenvalue weighted by molar-refractivity contribution is 5.78. The molecule has 1 aliphatic rings. The number of methoxy groups -OCH3 is 1. The van der Waals surface area contributed by atoms with Gasteiger partial charge in [-0.15, -0.1) is 0 Å². The molecule has 1 N–H and O–H groups in total. The molecule has 0 aromatic heterocycles. The standard InChI is InChI=1S/C24H31NO3/c1-18-8-10-19(11-9-18)16-25-24(26)15-21-12-13-22(23(14-21)27-2)28-17-20-6-4-3-5-7-20/h3-7,12-14,18-19H,8-11,15-17H2,1-2H3,(H,25,26). The molecule has 0 saturated heterocycles. The fraction of sp³-hybridized carbons (Fsp3) is 0.458. The first-order chi connectivity index (χ1) is 13.6. The summed E-state index contributed by atoms with van der Waals surface area (Å²) in [7, 11) is 1.62. The summed E-state index contributed by atoms with van der Waals surface area (Å²) in [5, 5.41) is 3.10. The highest BCUT2D eigenvalue weighted by Crippen LogP contribution is 2.29. The lowest BCUT2D eigenvalue weighted by atomic mass is 9.83. The smallest absolute Gasteiger partial charge is 0.224 e. The van der Waals surface area contributed by atoms with E-state index in [1.165, 1.54) is 25.7 Å². The molecule has 0 spiro atoms. The third kappa shape index (κ3) is 6.01. The van der Waals surface area contributed by atoms with Gasteiger partial charge in [0.25, 0.3) is 0 Å². The lowest BCUT2D eigenvalue weighted by molar-refractivity contribution is -0.120. The SMILES string of the molecule is COc1cc(CC(=O)NCC2CCC(C)CC2)ccc1OCc1ccccc1. The summed E-state index contributed by atoms with van der Waals surface area (Å²) in [4.78, 5) is 12.3. The zero-order chi connectivity index (χ0) is 19.8. The van der Waals surface area contributed by atoms with Gasteiger partial charge in [0.2, 0.25) is 5.91 Å². The Hall–Kier alpha value is -2.49. The molecule has 28 heavy (non-hydrogen) atoms. The first-order valence-corrected chi connectivity index (χ1v) is 10.2. The third-order valence-corrected chi connectivity index (χ3v) is 5.55. The van der Waals surface area contributed by atoms with E-state index in [-0.39, 0.29) is 5.91 Å². The number of ether oxygens (including phenoxy) is 2. The van der Waals surface area contributed by atoms with Crippen molar-refractivity contribution in [2.45, 2.75) is 45.6 Å². The predicted octanol–water partition coefficient (Wildman–Crippen LogP) is 4.76. The van der Waals surface area contributed by atoms with Gasteiger partial charge in [-0.1, -0.05) is 56.2 Å². The molecule has 1 aliphatic carbocycles. The zero-order valence-electron chi connectivity index (χ0n) is 16.9. The van der Waals surface area contributed by atoms with Gasteiger partial charge in [-0.05, 0) is 47.9 Å². The van der Waals surface area contributed by atoms with Crippen molar-refractivity contribution in [3.63, 3.8) is 0 Å². The van der Waals surface area contributed by atoms with Crippen molar-refractivity contribution in [3.8, 4) is 11.5 Å². The number of benzene rings is 2. The Morgan fingerprint density at radius 3 is 2.46 bits per heavy atom. The second-order valence-electron chi connectivity index (χ2n) is 7.87. The molecule has 0 unspecified atom stereocenters. The highest BCUT2D eigenvalue weighted by atomic mass is 16.5. The van der Waals surface area contributed by atoms with Crippen LogP contribution in [0.2, 0.25) is 0 Å². The van der Waals surface area contributed by atoms with Crippen LogP contribution in [0.15, 0.2) is 48.5 Å². The second-order valence-corrected chi connectivity index (χ2v) is 7.87. The van der Waals surface area contributed by atoms with Crippen molar-refractivity contribution in [1.29, 1.82) is 0 Å². The molecule has 2 aromatic rings. The van der Waals surface area contributed by atoms with E-state index in [2.05, 4.69) is 12.2 Å². The summed E-state index contributed by atoms with van der Waals surface area (Å²) in [6.45, 7) is 3.59. The summed E-state index contributed by atoms with van der Waals surface area (Å²) in [5.74, 6) is 2.87. The number of nitrogens with one attached hydrogen (secondary N) is 1. The molecule has 0 bridgehead atoms. The maximum Gasteiger partial charge on any atom is 0.224 e. The van der Waals surface area contributed by atoms with Crippen molar-refractivity contribution >= 4 is 5.91 Å². The van der Waals surface area contributed by atoms with Crippen molar-refractivity contribution in [3.05, 3.63) is 59.7 Å². The van der Waals surface area contributed by atoms with Crippen LogP contribution in [0.25, 0.3) is 0 Å². The van der Waals surface area contributed by atoms with Crippen molar-refractivity contribution in [1.82, 2.24) is 5.32 Å². The van der Waals surface area contributed by atoms with Crippen LogP contribution in [0.3, 0.4) is 0 Å². The molecule has 1 amide bonds. The van der Waals surface area contributed by atoms with Crippen LogP contribution in [0, 0.1) is 11.8 Å². The largest absolute Gasteiger partial charge is 0.493 e. The lowest BCUT2D eigenvalue weighted by Crippen LogP contribution is -2.32. The number of rotatable bonds is 8. The molecule has 1 saturated carbocycles. The minimum Gasteiger partial charge on any atom is -0.493 e. The highest BCUT2D eigenvalue weighted by Gasteiger charge is 2.18. The van der Waals surface area contributed by atoms with E-state index < -0.39 is 0 Å². The molecule has 2 aromatic carbocycles. The summed E-state index contributed by atoms with van der Waals surface area (Å²) in [5.41, 5.74) is 2.03. The topological polar surface area (TPSA) is 47.6 Å². The van der Waals surface area contributed by atoms with Crippen molar-refractivity contribution in [2.75, 3.05) is 13.7 Å². The minimum atomic E-state index is 0.0682. The van der Waals surface area contributed by atoms with Crippen LogP contribution < -0.4 is 14.8 Å². The average Bonchev–Trinajstić information content (AvgIpc) is 2.73. The summed E-state index contributed by atoms with van der Waals surface area (Å²) in [6.07, 6.45) is 5.37. The Labute approximate surface area is 168 Å². The number of amides is 1. The van der Waals surface area contributed by atoms with Crippen LogP contribution >= 0.6 is 0 Å². The Balaban J connectivity index is 1.50.